The Morgan fingerprint density at radius 3 is 2.45 bits per heavy atom. The number of hydrogen-bond acceptors (Lipinski definition) is 6. The first kappa shape index (κ1) is 25.3. The van der Waals surface area contributed by atoms with Crippen molar-refractivity contribution < 1.29 is 14.3 Å². The summed E-state index contributed by atoms with van der Waals surface area (Å²) in [5.41, 5.74) is 3.81. The molecule has 1 aliphatic rings. The predicted octanol–water partition coefficient (Wildman–Crippen LogP) is 7.47. The Morgan fingerprint density at radius 1 is 1.13 bits per heavy atom. The van der Waals surface area contributed by atoms with Crippen LogP contribution in [0.1, 0.15) is 58.6 Å². The number of aromatic nitrogens is 3. The van der Waals surface area contributed by atoms with Gasteiger partial charge in [0.25, 0.3) is 0 Å². The lowest BCUT2D eigenvalue weighted by molar-refractivity contribution is 0.0528. The molecule has 1 atom stereocenters. The molecule has 1 N–H and O–H groups in total. The van der Waals surface area contributed by atoms with Gasteiger partial charge in [0.15, 0.2) is 0 Å². The minimum atomic E-state index is -0.489. The van der Waals surface area contributed by atoms with Crippen LogP contribution in [0.2, 0.25) is 0 Å². The molecule has 0 radical (unpaired) electrons. The summed E-state index contributed by atoms with van der Waals surface area (Å²) in [5.74, 6) is 0.611. The molecular weight excluding hydrogens is 478 g/mol. The van der Waals surface area contributed by atoms with Gasteiger partial charge in [0.1, 0.15) is 17.9 Å². The number of nitrogens with one attached hydrogen (secondary N) is 1. The normalized spacial score (nSPS) is 14.4. The summed E-state index contributed by atoms with van der Waals surface area (Å²) < 4.78 is 13.7. The Labute approximate surface area is 222 Å². The quantitative estimate of drug-likeness (QED) is 0.289. The highest BCUT2D eigenvalue weighted by Crippen LogP contribution is 2.43. The van der Waals surface area contributed by atoms with Crippen LogP contribution in [0.3, 0.4) is 0 Å². The number of nitrogens with zero attached hydrogens (tertiary/aromatic N) is 4. The molecule has 5 rings (SSSR count). The van der Waals surface area contributed by atoms with Crippen molar-refractivity contribution in [3.8, 4) is 29.1 Å². The average molecular weight is 510 g/mol. The molecule has 1 unspecified atom stereocenters. The first-order chi connectivity index (χ1) is 18.2. The Bertz CT molecular complexity index is 1490. The second-order valence-corrected chi connectivity index (χ2v) is 10.7. The fourth-order valence-electron chi connectivity index (χ4n) is 4.41. The van der Waals surface area contributed by atoms with Gasteiger partial charge < -0.3 is 14.0 Å². The second-order valence-electron chi connectivity index (χ2n) is 10.7. The van der Waals surface area contributed by atoms with Crippen molar-refractivity contribution in [3.63, 3.8) is 0 Å². The van der Waals surface area contributed by atoms with E-state index in [1.54, 1.807) is 18.5 Å². The number of carbonyl (C=O) groups is 1. The smallest absolute Gasteiger partial charge is 0.411 e. The number of anilines is 1. The van der Waals surface area contributed by atoms with E-state index in [2.05, 4.69) is 25.9 Å². The van der Waals surface area contributed by atoms with Gasteiger partial charge in [-0.25, -0.2) is 14.8 Å². The molecule has 8 nitrogen and oxygen atoms in total. The largest absolute Gasteiger partial charge is 0.446 e. The zero-order chi connectivity index (χ0) is 26.9. The van der Waals surface area contributed by atoms with Crippen molar-refractivity contribution in [3.05, 3.63) is 66.5 Å². The molecule has 4 aromatic rings. The number of amides is 1. The van der Waals surface area contributed by atoms with Crippen LogP contribution < -0.4 is 10.1 Å². The third-order valence-electron chi connectivity index (χ3n) is 7.19. The van der Waals surface area contributed by atoms with E-state index in [4.69, 9.17) is 9.47 Å². The highest BCUT2D eigenvalue weighted by atomic mass is 16.6. The number of fused-ring (bicyclic) bond motifs is 1. The lowest BCUT2D eigenvalue weighted by Crippen LogP contribution is -2.30. The predicted molar refractivity (Wildman–Crippen MR) is 146 cm³/mol. The van der Waals surface area contributed by atoms with Gasteiger partial charge in [0.05, 0.1) is 16.8 Å². The van der Waals surface area contributed by atoms with Crippen LogP contribution in [0.5, 0.6) is 11.8 Å². The Hall–Kier alpha value is -4.38. The Morgan fingerprint density at radius 2 is 1.84 bits per heavy atom. The molecule has 8 heteroatoms. The number of carbonyl (C=O) groups excluding carboxylic acids is 1. The van der Waals surface area contributed by atoms with Crippen LogP contribution in [0.15, 0.2) is 60.9 Å². The summed E-state index contributed by atoms with van der Waals surface area (Å²) in [7, 11) is 0. The van der Waals surface area contributed by atoms with Gasteiger partial charge in [0.2, 0.25) is 0 Å². The maximum Gasteiger partial charge on any atom is 0.411 e. The third-order valence-corrected chi connectivity index (χ3v) is 7.19. The molecule has 1 saturated carbocycles. The molecule has 194 valence electrons. The summed E-state index contributed by atoms with van der Waals surface area (Å²) in [6.07, 6.45) is 5.78. The molecule has 2 heterocycles. The van der Waals surface area contributed by atoms with Crippen molar-refractivity contribution in [2.45, 2.75) is 59.1 Å². The van der Waals surface area contributed by atoms with Crippen molar-refractivity contribution in [2.75, 3.05) is 5.32 Å². The Kier molecular flexibility index (Phi) is 6.77. The SMILES string of the molecule is CC(OC(=O)Nc1ccc(-c2c(C#N)c3ccc(Oc4ncccn4)cc3n2C2CCC2)cc1)C(C)(C)C. The van der Waals surface area contributed by atoms with Crippen molar-refractivity contribution in [2.24, 2.45) is 5.41 Å². The molecular formula is C30H31N5O3. The van der Waals surface area contributed by atoms with Crippen LogP contribution >= 0.6 is 0 Å². The molecule has 1 amide bonds. The van der Waals surface area contributed by atoms with Gasteiger partial charge >= 0.3 is 12.1 Å². The number of rotatable bonds is 6. The van der Waals surface area contributed by atoms with E-state index in [9.17, 15) is 10.1 Å². The highest BCUT2D eigenvalue weighted by Gasteiger charge is 2.28. The summed E-state index contributed by atoms with van der Waals surface area (Å²) in [4.78, 5) is 20.7. The van der Waals surface area contributed by atoms with Crippen molar-refractivity contribution in [1.29, 1.82) is 5.26 Å². The first-order valence-corrected chi connectivity index (χ1v) is 12.9. The van der Waals surface area contributed by atoms with Crippen LogP contribution in [-0.4, -0.2) is 26.7 Å². The lowest BCUT2D eigenvalue weighted by atomic mass is 9.90. The summed E-state index contributed by atoms with van der Waals surface area (Å²) in [6, 6.07) is 18.0. The molecule has 38 heavy (non-hydrogen) atoms. The maximum absolute atomic E-state index is 12.4. The van der Waals surface area contributed by atoms with E-state index in [-0.39, 0.29) is 17.5 Å². The number of hydrogen-bond donors (Lipinski definition) is 1. The fraction of sp³-hybridized carbons (Fsp3) is 0.333. The van der Waals surface area contributed by atoms with Gasteiger partial charge in [-0.1, -0.05) is 32.9 Å². The first-order valence-electron chi connectivity index (χ1n) is 12.9. The van der Waals surface area contributed by atoms with Crippen molar-refractivity contribution >= 4 is 22.7 Å². The number of nitriles is 1. The number of benzene rings is 2. The molecule has 0 aliphatic heterocycles. The summed E-state index contributed by atoms with van der Waals surface area (Å²) >= 11 is 0. The zero-order valence-corrected chi connectivity index (χ0v) is 22.1. The van der Waals surface area contributed by atoms with E-state index in [0.29, 0.717) is 23.0 Å². The van der Waals surface area contributed by atoms with E-state index >= 15 is 0 Å². The number of ether oxygens (including phenoxy) is 2. The van der Waals surface area contributed by atoms with Crippen LogP contribution in [0, 0.1) is 16.7 Å². The molecule has 0 saturated heterocycles. The standard InChI is InChI=1S/C30H31N5O3/c1-19(30(2,3)4)37-29(36)34-21-11-9-20(10-12-21)27-25(18-31)24-14-13-23(38-28-32-15-6-16-33-28)17-26(24)35(27)22-7-5-8-22/h6,9-17,19,22H,5,7-8H2,1-4H3,(H,34,36). The zero-order valence-electron chi connectivity index (χ0n) is 22.1. The molecule has 2 aromatic heterocycles. The summed E-state index contributed by atoms with van der Waals surface area (Å²) in [6.45, 7) is 7.96. The molecule has 1 fully saturated rings. The maximum atomic E-state index is 12.4. The monoisotopic (exact) mass is 509 g/mol. The van der Waals surface area contributed by atoms with Gasteiger partial charge in [-0.3, -0.25) is 5.32 Å². The molecule has 0 spiro atoms. The fourth-order valence-corrected chi connectivity index (χ4v) is 4.41. The van der Waals surface area contributed by atoms with Crippen LogP contribution in [0.4, 0.5) is 10.5 Å². The lowest BCUT2D eigenvalue weighted by Gasteiger charge is -2.30. The molecule has 1 aliphatic carbocycles. The van der Waals surface area contributed by atoms with Gasteiger partial charge in [-0.05, 0) is 67.5 Å². The van der Waals surface area contributed by atoms with E-state index in [0.717, 1.165) is 41.4 Å². The van der Waals surface area contributed by atoms with Gasteiger partial charge in [-0.2, -0.15) is 5.26 Å². The minimum Gasteiger partial charge on any atom is -0.446 e. The van der Waals surface area contributed by atoms with Crippen molar-refractivity contribution in [1.82, 2.24) is 14.5 Å². The third kappa shape index (κ3) is 5.05. The van der Waals surface area contributed by atoms with E-state index in [1.807, 2.05) is 70.2 Å². The summed E-state index contributed by atoms with van der Waals surface area (Å²) in [5, 5.41) is 13.9. The molecule has 0 bridgehead atoms. The van der Waals surface area contributed by atoms with E-state index in [1.165, 1.54) is 0 Å². The van der Waals surface area contributed by atoms with Crippen LogP contribution in [0.25, 0.3) is 22.2 Å². The second kappa shape index (κ2) is 10.2. The van der Waals surface area contributed by atoms with Gasteiger partial charge in [0, 0.05) is 35.6 Å². The van der Waals surface area contributed by atoms with E-state index < -0.39 is 6.09 Å². The minimum absolute atomic E-state index is 0.150. The van der Waals surface area contributed by atoms with Gasteiger partial charge in [-0.15, -0.1) is 0 Å². The topological polar surface area (TPSA) is 102 Å². The Balaban J connectivity index is 1.48. The van der Waals surface area contributed by atoms with Crippen LogP contribution in [-0.2, 0) is 4.74 Å². The average Bonchev–Trinajstić information content (AvgIpc) is 3.16. The molecule has 2 aromatic carbocycles. The highest BCUT2D eigenvalue weighted by molar-refractivity contribution is 5.96.